The van der Waals surface area contributed by atoms with E-state index in [2.05, 4.69) is 18.7 Å². The summed E-state index contributed by atoms with van der Waals surface area (Å²) < 4.78 is 14.1. The van der Waals surface area contributed by atoms with E-state index in [-0.39, 0.29) is 11.5 Å². The Morgan fingerprint density at radius 1 is 1.31 bits per heavy atom. The number of piperidine rings is 1. The van der Waals surface area contributed by atoms with Crippen LogP contribution in [0.15, 0.2) is 0 Å². The van der Waals surface area contributed by atoms with Crippen molar-refractivity contribution in [2.45, 2.75) is 64.2 Å². The Balaban J connectivity index is 2.02. The van der Waals surface area contributed by atoms with Crippen LogP contribution in [0.1, 0.15) is 46.5 Å². The van der Waals surface area contributed by atoms with E-state index in [0.29, 0.717) is 18.9 Å². The molecular formula is C13H25FN2. The highest BCUT2D eigenvalue weighted by molar-refractivity contribution is 5.06. The maximum absolute atomic E-state index is 14.1. The molecule has 3 heteroatoms. The fourth-order valence-corrected chi connectivity index (χ4v) is 3.65. The maximum atomic E-state index is 14.1. The smallest absolute Gasteiger partial charge is 0.110 e. The Kier molecular flexibility index (Phi) is 3.04. The molecule has 1 aliphatic heterocycles. The summed E-state index contributed by atoms with van der Waals surface area (Å²) in [5.74, 6) is 0. The van der Waals surface area contributed by atoms with Crippen molar-refractivity contribution in [3.63, 3.8) is 0 Å². The van der Waals surface area contributed by atoms with Crippen molar-refractivity contribution in [2.75, 3.05) is 13.1 Å². The van der Waals surface area contributed by atoms with Gasteiger partial charge in [0.25, 0.3) is 0 Å². The summed E-state index contributed by atoms with van der Waals surface area (Å²) in [6.45, 7) is 8.34. The van der Waals surface area contributed by atoms with Gasteiger partial charge < -0.3 is 10.6 Å². The van der Waals surface area contributed by atoms with Crippen molar-refractivity contribution < 1.29 is 4.39 Å². The highest BCUT2D eigenvalue weighted by Crippen LogP contribution is 2.51. The molecule has 0 amide bonds. The minimum atomic E-state index is -1.03. The van der Waals surface area contributed by atoms with Crippen LogP contribution in [-0.4, -0.2) is 35.7 Å². The monoisotopic (exact) mass is 228 g/mol. The van der Waals surface area contributed by atoms with Gasteiger partial charge in [-0.25, -0.2) is 4.39 Å². The molecule has 1 heterocycles. The Bertz CT molecular complexity index is 255. The van der Waals surface area contributed by atoms with Crippen LogP contribution in [0.5, 0.6) is 0 Å². The number of nitrogens with two attached hydrogens (primary N) is 1. The molecule has 0 bridgehead atoms. The van der Waals surface area contributed by atoms with Crippen LogP contribution in [0.4, 0.5) is 4.39 Å². The quantitative estimate of drug-likeness (QED) is 0.746. The molecule has 2 N–H and O–H groups in total. The molecule has 2 aliphatic rings. The third-order valence-electron chi connectivity index (χ3n) is 4.68. The first kappa shape index (κ1) is 12.3. The number of likely N-dealkylation sites (tertiary alicyclic amines) is 1. The topological polar surface area (TPSA) is 29.3 Å². The Morgan fingerprint density at radius 3 is 2.25 bits per heavy atom. The van der Waals surface area contributed by atoms with E-state index in [1.165, 1.54) is 0 Å². The molecule has 0 aromatic carbocycles. The number of rotatable bonds is 1. The van der Waals surface area contributed by atoms with Crippen LogP contribution >= 0.6 is 0 Å². The average Bonchev–Trinajstić information content (AvgIpc) is 2.37. The highest BCUT2D eigenvalue weighted by atomic mass is 19.1. The van der Waals surface area contributed by atoms with E-state index in [4.69, 9.17) is 5.73 Å². The van der Waals surface area contributed by atoms with Crippen molar-refractivity contribution in [1.29, 1.82) is 0 Å². The second-order valence-corrected chi connectivity index (χ2v) is 6.39. The summed E-state index contributed by atoms with van der Waals surface area (Å²) in [6, 6.07) is 0.670. The number of hydrogen-bond donors (Lipinski definition) is 1. The Hall–Kier alpha value is -0.150. The molecule has 2 nitrogen and oxygen atoms in total. The molecule has 94 valence electrons. The maximum Gasteiger partial charge on any atom is 0.110 e. The zero-order valence-electron chi connectivity index (χ0n) is 10.8. The van der Waals surface area contributed by atoms with E-state index in [0.717, 1.165) is 25.9 Å². The fourth-order valence-electron chi connectivity index (χ4n) is 3.65. The molecule has 16 heavy (non-hydrogen) atoms. The van der Waals surface area contributed by atoms with Gasteiger partial charge >= 0.3 is 0 Å². The summed E-state index contributed by atoms with van der Waals surface area (Å²) in [7, 11) is 0. The minimum Gasteiger partial charge on any atom is -0.327 e. The zero-order chi connectivity index (χ0) is 12.0. The summed E-state index contributed by atoms with van der Waals surface area (Å²) in [6.07, 6.45) is 3.37. The summed E-state index contributed by atoms with van der Waals surface area (Å²) in [5.41, 5.74) is 5.25. The normalized spacial score (nSPS) is 39.8. The summed E-state index contributed by atoms with van der Waals surface area (Å²) in [4.78, 5) is 2.48. The fraction of sp³-hybridized carbons (Fsp3) is 1.00. The van der Waals surface area contributed by atoms with E-state index in [1.54, 1.807) is 6.92 Å². The van der Waals surface area contributed by atoms with Gasteiger partial charge in [0, 0.05) is 12.1 Å². The van der Waals surface area contributed by atoms with E-state index >= 15 is 0 Å². The van der Waals surface area contributed by atoms with Crippen molar-refractivity contribution in [3.05, 3.63) is 0 Å². The van der Waals surface area contributed by atoms with Crippen molar-refractivity contribution in [2.24, 2.45) is 11.1 Å². The second kappa shape index (κ2) is 3.95. The molecular weight excluding hydrogens is 203 g/mol. The average molecular weight is 228 g/mol. The Labute approximate surface area is 98.4 Å². The van der Waals surface area contributed by atoms with E-state index < -0.39 is 5.67 Å². The van der Waals surface area contributed by atoms with Crippen LogP contribution < -0.4 is 5.73 Å². The molecule has 0 aromatic rings. The molecule has 2 atom stereocenters. The molecule has 1 unspecified atom stereocenters. The Morgan fingerprint density at radius 2 is 1.88 bits per heavy atom. The lowest BCUT2D eigenvalue weighted by Crippen LogP contribution is -2.48. The number of alkyl halides is 1. The largest absolute Gasteiger partial charge is 0.327 e. The molecule has 0 radical (unpaired) electrons. The van der Waals surface area contributed by atoms with Gasteiger partial charge in [0.15, 0.2) is 0 Å². The lowest BCUT2D eigenvalue weighted by molar-refractivity contribution is 0.0629. The van der Waals surface area contributed by atoms with Crippen LogP contribution in [0, 0.1) is 5.41 Å². The van der Waals surface area contributed by atoms with Crippen LogP contribution in [0.2, 0.25) is 0 Å². The van der Waals surface area contributed by atoms with E-state index in [9.17, 15) is 4.39 Å². The van der Waals surface area contributed by atoms with E-state index in [1.807, 2.05) is 0 Å². The van der Waals surface area contributed by atoms with Gasteiger partial charge in [-0.1, -0.05) is 0 Å². The number of nitrogens with zero attached hydrogens (tertiary/aromatic N) is 1. The van der Waals surface area contributed by atoms with Gasteiger partial charge in [-0.05, 0) is 65.0 Å². The number of hydrogen-bond acceptors (Lipinski definition) is 2. The standard InChI is InChI=1S/C13H25FN2/c1-10(2)16-6-4-13(5-7-16)9-12(3,14)8-11(13)15/h10-11H,4-9,15H2,1-3H3/t11-,12?/m0/s1. The predicted octanol–water partition coefficient (Wildman–Crippen LogP) is 2.33. The van der Waals surface area contributed by atoms with Crippen LogP contribution in [-0.2, 0) is 0 Å². The molecule has 1 saturated heterocycles. The number of halogens is 1. The third-order valence-corrected chi connectivity index (χ3v) is 4.68. The molecule has 1 saturated carbocycles. The van der Waals surface area contributed by atoms with Crippen molar-refractivity contribution in [3.8, 4) is 0 Å². The predicted molar refractivity (Wildman–Crippen MR) is 65.1 cm³/mol. The lowest BCUT2D eigenvalue weighted by Gasteiger charge is -2.43. The molecule has 0 aromatic heterocycles. The van der Waals surface area contributed by atoms with Crippen molar-refractivity contribution in [1.82, 2.24) is 4.90 Å². The summed E-state index contributed by atoms with van der Waals surface area (Å²) >= 11 is 0. The third kappa shape index (κ3) is 2.12. The first-order chi connectivity index (χ1) is 7.35. The minimum absolute atomic E-state index is 0.0665. The first-order valence-corrected chi connectivity index (χ1v) is 6.53. The van der Waals surface area contributed by atoms with Crippen molar-refractivity contribution >= 4 is 0 Å². The molecule has 1 spiro atoms. The van der Waals surface area contributed by atoms with Gasteiger partial charge in [0.1, 0.15) is 5.67 Å². The second-order valence-electron chi connectivity index (χ2n) is 6.39. The van der Waals surface area contributed by atoms with Gasteiger partial charge in [0.05, 0.1) is 0 Å². The van der Waals surface area contributed by atoms with Gasteiger partial charge in [-0.3, -0.25) is 0 Å². The first-order valence-electron chi connectivity index (χ1n) is 6.53. The zero-order valence-corrected chi connectivity index (χ0v) is 10.8. The van der Waals surface area contributed by atoms with Crippen LogP contribution in [0.3, 0.4) is 0 Å². The van der Waals surface area contributed by atoms with Gasteiger partial charge in [0.2, 0.25) is 0 Å². The highest BCUT2D eigenvalue weighted by Gasteiger charge is 2.52. The SMILES string of the molecule is CC(C)N1CCC2(CC1)CC(C)(F)C[C@@H]2N. The van der Waals surface area contributed by atoms with Crippen LogP contribution in [0.25, 0.3) is 0 Å². The molecule has 1 aliphatic carbocycles. The molecule has 2 fully saturated rings. The lowest BCUT2D eigenvalue weighted by atomic mass is 9.73. The summed E-state index contributed by atoms with van der Waals surface area (Å²) in [5, 5.41) is 0. The van der Waals surface area contributed by atoms with Gasteiger partial charge in [-0.2, -0.15) is 0 Å². The van der Waals surface area contributed by atoms with Gasteiger partial charge in [-0.15, -0.1) is 0 Å². The molecule has 2 rings (SSSR count).